The zero-order valence-electron chi connectivity index (χ0n) is 87.0. The third kappa shape index (κ3) is 51.8. The summed E-state index contributed by atoms with van der Waals surface area (Å²) in [4.78, 5) is 80.9. The highest BCUT2D eigenvalue weighted by Gasteiger charge is 2.44. The average Bonchev–Trinajstić information content (AvgIpc) is 1.70. The van der Waals surface area contributed by atoms with Crippen molar-refractivity contribution in [2.45, 2.75) is 546 Å². The van der Waals surface area contributed by atoms with Crippen LogP contribution < -0.4 is 0 Å². The molecule has 13 atom stereocenters. The van der Waals surface area contributed by atoms with Crippen molar-refractivity contribution in [3.63, 3.8) is 0 Å². The van der Waals surface area contributed by atoms with Crippen LogP contribution in [0.15, 0.2) is 0 Å². The number of unbranched alkanes of at least 4 members (excludes halogenated alkanes) is 19. The lowest BCUT2D eigenvalue weighted by Gasteiger charge is -2.38. The van der Waals surface area contributed by atoms with Crippen LogP contribution in [0.4, 0.5) is 0 Å². The lowest BCUT2D eigenvalue weighted by Crippen LogP contribution is -2.43. The van der Waals surface area contributed by atoms with Gasteiger partial charge in [0.1, 0.15) is 50.1 Å². The first-order valence-corrected chi connectivity index (χ1v) is 55.7. The maximum atomic E-state index is 13.0. The Morgan fingerprint density at radius 3 is 0.806 bits per heavy atom. The number of ether oxygens (including phenoxy) is 2. The lowest BCUT2D eigenvalue weighted by atomic mass is 10.1. The number of hydrogen-bond donors (Lipinski definition) is 0. The van der Waals surface area contributed by atoms with E-state index in [4.69, 9.17) is 56.3 Å². The van der Waals surface area contributed by atoms with Crippen LogP contribution in [0, 0.1) is 19.7 Å². The summed E-state index contributed by atoms with van der Waals surface area (Å²) < 4.78 is 56.3. The number of carbonyl (C=O) groups is 5. The molecule has 5 heterocycles. The van der Waals surface area contributed by atoms with Gasteiger partial charge in [0, 0.05) is 112 Å². The lowest BCUT2D eigenvalue weighted by molar-refractivity contribution is -0.159. The second kappa shape index (κ2) is 77.0. The number of esters is 2. The van der Waals surface area contributed by atoms with Gasteiger partial charge in [0.15, 0.2) is 12.5 Å². The predicted molar refractivity (Wildman–Crippen MR) is 538 cm³/mol. The van der Waals surface area contributed by atoms with Crippen LogP contribution in [0.25, 0.3) is 14.5 Å². The van der Waals surface area contributed by atoms with E-state index >= 15 is 0 Å². The Balaban J connectivity index is 0.000000810. The van der Waals surface area contributed by atoms with Gasteiger partial charge in [-0.05, 0) is 225 Å². The molecule has 0 saturated carbocycles. The summed E-state index contributed by atoms with van der Waals surface area (Å²) in [7, 11) is -3.63. The third-order valence-corrected chi connectivity index (χ3v) is 31.6. The number of likely N-dealkylation sites (tertiary alicyclic amines) is 5. The molecule has 0 spiro atoms. The smallest absolute Gasteiger partial charge is 0.307 e. The standard InChI is InChI=1S/C22H42N3O3P.2C22H44N3O2P.2C18H33NO3/c1-8-10-11-12-13-21(26)24-20(9-2)14-15-22(24)28-29(27-17-16-23-7)25(18(3)4)19(5)6;2*1-8-10-11-12-13-17-24-21(9-2)14-15-22(24)27-28(26-18-16-23-7)25(19(3)4)20(5)6;2*1-4-6-7-8-9-14-19-16(5-2)11-12-17(19)22-18(21)13-10-15(3)20/h18-20,22H,8-17H2,1-6H3;2*19-22H,8-18H2,1-6H3;2*16-17H,4-14H2,1-3H3/t20-,22+,29?;21-,22+,28?;21-,22-,28?;16-,17+;16-,17-/m11111/s1. The van der Waals surface area contributed by atoms with E-state index in [1.165, 1.54) is 181 Å². The molecule has 752 valence electrons. The number of carbonyl (C=O) groups excluding carboxylic acids is 5. The highest BCUT2D eigenvalue weighted by molar-refractivity contribution is 7.45. The van der Waals surface area contributed by atoms with Gasteiger partial charge >= 0.3 is 11.9 Å². The van der Waals surface area contributed by atoms with E-state index in [2.05, 4.69) is 200 Å². The van der Waals surface area contributed by atoms with Gasteiger partial charge in [-0.25, -0.2) is 33.7 Å². The van der Waals surface area contributed by atoms with Crippen LogP contribution >= 0.6 is 25.6 Å². The van der Waals surface area contributed by atoms with Crippen molar-refractivity contribution in [3.8, 4) is 0 Å². The zero-order valence-corrected chi connectivity index (χ0v) is 89.7. The molecular weight excluding hydrogens is 1680 g/mol. The molecule has 5 fully saturated rings. The van der Waals surface area contributed by atoms with Crippen molar-refractivity contribution in [1.29, 1.82) is 0 Å². The first-order chi connectivity index (χ1) is 61.9. The van der Waals surface area contributed by atoms with Crippen molar-refractivity contribution in [1.82, 2.24) is 38.5 Å². The number of ketones is 2. The summed E-state index contributed by atoms with van der Waals surface area (Å²) in [5.41, 5.74) is 0. The van der Waals surface area contributed by atoms with Gasteiger partial charge in [0.25, 0.3) is 25.6 Å². The molecule has 0 radical (unpaired) electrons. The van der Waals surface area contributed by atoms with Crippen molar-refractivity contribution in [2.75, 3.05) is 65.6 Å². The molecule has 5 rings (SSSR count). The number of rotatable bonds is 66. The van der Waals surface area contributed by atoms with Crippen LogP contribution in [0.1, 0.15) is 449 Å². The monoisotopic (exact) mass is 1880 g/mol. The second-order valence-corrected chi connectivity index (χ2v) is 42.2. The summed E-state index contributed by atoms with van der Waals surface area (Å²) in [6.07, 6.45) is 47.7. The Kier molecular flexibility index (Phi) is 74.0. The van der Waals surface area contributed by atoms with E-state index in [1.807, 2.05) is 4.90 Å². The van der Waals surface area contributed by atoms with Gasteiger partial charge < -0.3 is 61.1 Å². The quantitative estimate of drug-likeness (QED) is 0.0241. The number of amides is 1. The fourth-order valence-corrected chi connectivity index (χ4v) is 23.6. The summed E-state index contributed by atoms with van der Waals surface area (Å²) >= 11 is 0. The summed E-state index contributed by atoms with van der Waals surface area (Å²) in [6, 6.07) is 4.51. The zero-order chi connectivity index (χ0) is 96.4. The van der Waals surface area contributed by atoms with E-state index in [-0.39, 0.29) is 91.5 Å². The molecule has 3 unspecified atom stereocenters. The number of hydrogen-bond acceptors (Lipinski definition) is 20. The van der Waals surface area contributed by atoms with Gasteiger partial charge in [0.05, 0.1) is 12.8 Å². The molecule has 0 bridgehead atoms. The average molecular weight is 1880 g/mol. The molecule has 0 aromatic rings. The Morgan fingerprint density at radius 2 is 0.550 bits per heavy atom. The Labute approximate surface area is 795 Å². The molecule has 0 N–H and O–H groups in total. The van der Waals surface area contributed by atoms with E-state index in [9.17, 15) is 24.0 Å². The highest BCUT2D eigenvalue weighted by Crippen LogP contribution is 2.52. The van der Waals surface area contributed by atoms with Crippen LogP contribution in [0.5, 0.6) is 0 Å². The molecule has 5 aliphatic rings. The minimum absolute atomic E-state index is 0.0441. The fourth-order valence-electron chi connectivity index (χ4n) is 18.4. The predicted octanol–water partition coefficient (Wildman–Crippen LogP) is 27.0. The number of nitrogens with zero attached hydrogens (tertiary/aromatic N) is 11. The minimum atomic E-state index is -1.32. The molecule has 24 nitrogen and oxygen atoms in total. The normalized spacial score (nSPS) is 21.6. The van der Waals surface area contributed by atoms with Gasteiger partial charge in [0.2, 0.25) is 25.5 Å². The van der Waals surface area contributed by atoms with E-state index < -0.39 is 25.6 Å². The van der Waals surface area contributed by atoms with E-state index in [1.54, 1.807) is 0 Å². The maximum Gasteiger partial charge on any atom is 0.307 e. The maximum absolute atomic E-state index is 13.0. The number of Topliss-reactive ketones (excluding diaryl/α,β-unsaturated/α-hetero) is 2. The SMILES string of the molecule is CCCCCCCN1[C@H](CC)CC[C@@H]1OC(=O)CCC(C)=O.CCCCCCCN1[C@H](CC)CC[C@H]1OC(=O)CCC(C)=O.[C-]#[N+]CCOP(O[C@@H]1CC[C@@H](CC)N1CCCCCCC)N(C(C)C)C(C)C.[C-]#[N+]CCOP(O[C@H]1CC[C@@H](CC)N1C(=O)CCCCCC)N(C(C)C)C(C)C.[C-]#[N+]CCOP(O[C@H]1CC[C@@H](CC)N1CCCCCCC)N(C(C)C)C(C)C. The van der Waals surface area contributed by atoms with Gasteiger partial charge in [-0.3, -0.25) is 38.5 Å². The van der Waals surface area contributed by atoms with Gasteiger partial charge in [-0.2, -0.15) is 0 Å². The van der Waals surface area contributed by atoms with E-state index in [0.29, 0.717) is 107 Å². The molecule has 0 aromatic heterocycles. The molecular formula is C102H196N11O13P3. The van der Waals surface area contributed by atoms with Gasteiger partial charge in [-0.15, -0.1) is 0 Å². The van der Waals surface area contributed by atoms with Crippen molar-refractivity contribution < 1.29 is 60.6 Å². The van der Waals surface area contributed by atoms with Crippen molar-refractivity contribution in [2.24, 2.45) is 0 Å². The molecule has 0 aliphatic carbocycles. The van der Waals surface area contributed by atoms with Crippen LogP contribution in [0.2, 0.25) is 0 Å². The summed E-state index contributed by atoms with van der Waals surface area (Å²) in [5, 5.41) is 0. The molecule has 5 aliphatic heterocycles. The topological polar surface area (TPSA) is 198 Å². The molecule has 1 amide bonds. The molecule has 129 heavy (non-hydrogen) atoms. The minimum Gasteiger partial charge on any atom is -0.446 e. The first-order valence-electron chi connectivity index (χ1n) is 52.3. The van der Waals surface area contributed by atoms with Crippen LogP contribution in [0.3, 0.4) is 0 Å². The van der Waals surface area contributed by atoms with Crippen LogP contribution in [-0.4, -0.2) is 231 Å². The third-order valence-electron chi connectivity index (χ3n) is 25.2. The Bertz CT molecular complexity index is 2800. The highest BCUT2D eigenvalue weighted by atomic mass is 31.2. The van der Waals surface area contributed by atoms with Crippen molar-refractivity contribution >= 4 is 55.0 Å². The molecule has 5 saturated heterocycles. The Morgan fingerprint density at radius 1 is 0.310 bits per heavy atom. The second-order valence-electron chi connectivity index (χ2n) is 38.0. The summed E-state index contributed by atoms with van der Waals surface area (Å²) in [6.45, 7) is 79.3. The molecule has 0 aromatic carbocycles. The molecule has 27 heteroatoms. The Hall–Kier alpha value is -3.01. The van der Waals surface area contributed by atoms with Crippen molar-refractivity contribution in [3.05, 3.63) is 34.3 Å². The van der Waals surface area contributed by atoms with Crippen LogP contribution in [-0.2, 0) is 60.6 Å². The fraction of sp³-hybridized carbons (Fsp3) is 0.922. The first kappa shape index (κ1) is 124. The van der Waals surface area contributed by atoms with Gasteiger partial charge in [-0.1, -0.05) is 191 Å². The summed E-state index contributed by atoms with van der Waals surface area (Å²) in [5.74, 6) is -0.154. The largest absolute Gasteiger partial charge is 0.446 e. The van der Waals surface area contributed by atoms with E-state index in [0.717, 1.165) is 110 Å².